The Kier molecular flexibility index (Phi) is 8.37. The second kappa shape index (κ2) is 8.89. The number of nitrogens with two attached hydrogens (primary N) is 1. The molecule has 7 heteroatoms. The number of rotatable bonds is 6. The molecule has 0 radical (unpaired) electrons. The van der Waals surface area contributed by atoms with Crippen LogP contribution in [0.25, 0.3) is 0 Å². The van der Waals surface area contributed by atoms with E-state index in [0.717, 1.165) is 6.42 Å². The number of halogens is 2. The Balaban J connectivity index is 0.00000361. The summed E-state index contributed by atoms with van der Waals surface area (Å²) in [5.41, 5.74) is 6.41. The number of carbonyl (C=O) groups is 1. The number of hydrogen-bond donors (Lipinski definition) is 2. The number of carbonyl (C=O) groups excluding carboxylic acids is 1. The average Bonchev–Trinajstić information content (AvgIpc) is 2.40. The quantitative estimate of drug-likeness (QED) is 0.789. The molecule has 114 valence electrons. The van der Waals surface area contributed by atoms with Crippen LogP contribution in [0.4, 0.5) is 5.69 Å². The number of methoxy groups -OCH3 is 2. The molecular weight excluding hydrogens is 303 g/mol. The van der Waals surface area contributed by atoms with E-state index in [1.54, 1.807) is 7.11 Å². The average molecular weight is 323 g/mol. The Labute approximate surface area is 130 Å². The predicted octanol–water partition coefficient (Wildman–Crippen LogP) is 2.51. The van der Waals surface area contributed by atoms with Crippen molar-refractivity contribution in [3.05, 3.63) is 22.7 Å². The molecule has 0 aliphatic carbocycles. The highest BCUT2D eigenvalue weighted by atomic mass is 35.5. The molecule has 3 N–H and O–H groups in total. The van der Waals surface area contributed by atoms with Crippen LogP contribution < -0.4 is 15.8 Å². The lowest BCUT2D eigenvalue weighted by Crippen LogP contribution is -2.37. The first-order chi connectivity index (χ1) is 9.03. The zero-order valence-electron chi connectivity index (χ0n) is 11.7. The van der Waals surface area contributed by atoms with Gasteiger partial charge in [-0.2, -0.15) is 0 Å². The van der Waals surface area contributed by atoms with Crippen LogP contribution in [0.3, 0.4) is 0 Å². The summed E-state index contributed by atoms with van der Waals surface area (Å²) in [7, 11) is 3.07. The van der Waals surface area contributed by atoms with Gasteiger partial charge in [-0.15, -0.1) is 12.4 Å². The van der Waals surface area contributed by atoms with Crippen LogP contribution >= 0.6 is 24.0 Å². The topological polar surface area (TPSA) is 73.6 Å². The molecule has 1 amide bonds. The van der Waals surface area contributed by atoms with E-state index in [9.17, 15) is 4.79 Å². The maximum Gasteiger partial charge on any atom is 0.255 e. The smallest absolute Gasteiger partial charge is 0.255 e. The molecule has 1 atom stereocenters. The molecule has 0 fully saturated rings. The summed E-state index contributed by atoms with van der Waals surface area (Å²) in [5.74, 6) is 0.134. The zero-order valence-corrected chi connectivity index (χ0v) is 13.3. The Bertz CT molecular complexity index is 455. The molecule has 1 aromatic rings. The van der Waals surface area contributed by atoms with Crippen LogP contribution in [0.1, 0.15) is 23.7 Å². The van der Waals surface area contributed by atoms with Gasteiger partial charge in [-0.25, -0.2) is 0 Å². The third-order valence-electron chi connectivity index (χ3n) is 2.76. The molecule has 0 aromatic heterocycles. The van der Waals surface area contributed by atoms with Gasteiger partial charge in [-0.05, 0) is 12.5 Å². The monoisotopic (exact) mass is 322 g/mol. The van der Waals surface area contributed by atoms with Crippen molar-refractivity contribution < 1.29 is 14.3 Å². The number of nitrogen functional groups attached to an aromatic ring is 1. The summed E-state index contributed by atoms with van der Waals surface area (Å²) in [5, 5.41) is 3.19. The lowest BCUT2D eigenvalue weighted by Gasteiger charge is -2.17. The lowest BCUT2D eigenvalue weighted by molar-refractivity contribution is 0.0891. The maximum absolute atomic E-state index is 12.2. The highest BCUT2D eigenvalue weighted by Crippen LogP contribution is 2.28. The number of nitrogens with one attached hydrogen (secondary N) is 1. The van der Waals surface area contributed by atoms with Gasteiger partial charge in [0, 0.05) is 13.2 Å². The van der Waals surface area contributed by atoms with Gasteiger partial charge in [0.2, 0.25) is 0 Å². The van der Waals surface area contributed by atoms with Gasteiger partial charge in [-0.1, -0.05) is 18.5 Å². The highest BCUT2D eigenvalue weighted by molar-refractivity contribution is 6.33. The van der Waals surface area contributed by atoms with Crippen LogP contribution in [0.2, 0.25) is 5.02 Å². The fraction of sp³-hybridized carbons (Fsp3) is 0.462. The summed E-state index contributed by atoms with van der Waals surface area (Å²) in [6, 6.07) is 2.98. The van der Waals surface area contributed by atoms with E-state index in [4.69, 9.17) is 26.8 Å². The van der Waals surface area contributed by atoms with E-state index in [1.807, 2.05) is 6.92 Å². The molecule has 0 bridgehead atoms. The van der Waals surface area contributed by atoms with Crippen molar-refractivity contribution in [3.8, 4) is 5.75 Å². The highest BCUT2D eigenvalue weighted by Gasteiger charge is 2.17. The van der Waals surface area contributed by atoms with E-state index in [1.165, 1.54) is 19.2 Å². The third-order valence-corrected chi connectivity index (χ3v) is 3.09. The molecule has 20 heavy (non-hydrogen) atoms. The summed E-state index contributed by atoms with van der Waals surface area (Å²) in [6.07, 6.45) is 0.768. The molecule has 0 heterocycles. The fourth-order valence-corrected chi connectivity index (χ4v) is 1.81. The Morgan fingerprint density at radius 2 is 2.10 bits per heavy atom. The number of hydrogen-bond acceptors (Lipinski definition) is 4. The van der Waals surface area contributed by atoms with Gasteiger partial charge < -0.3 is 20.5 Å². The lowest BCUT2D eigenvalue weighted by atomic mass is 10.1. The fourth-order valence-electron chi connectivity index (χ4n) is 1.64. The van der Waals surface area contributed by atoms with Gasteiger partial charge >= 0.3 is 0 Å². The summed E-state index contributed by atoms with van der Waals surface area (Å²) >= 11 is 5.93. The van der Waals surface area contributed by atoms with Gasteiger partial charge in [0.15, 0.2) is 0 Å². The minimum absolute atomic E-state index is 0. The van der Waals surface area contributed by atoms with Crippen molar-refractivity contribution in [1.29, 1.82) is 0 Å². The Morgan fingerprint density at radius 3 is 2.60 bits per heavy atom. The largest absolute Gasteiger partial charge is 0.496 e. The molecule has 0 aliphatic rings. The van der Waals surface area contributed by atoms with Crippen molar-refractivity contribution in [1.82, 2.24) is 5.32 Å². The second-order valence-electron chi connectivity index (χ2n) is 4.11. The second-order valence-corrected chi connectivity index (χ2v) is 4.52. The number of amides is 1. The zero-order chi connectivity index (χ0) is 14.4. The van der Waals surface area contributed by atoms with Crippen molar-refractivity contribution in [3.63, 3.8) is 0 Å². The first-order valence-electron chi connectivity index (χ1n) is 5.96. The van der Waals surface area contributed by atoms with Crippen LogP contribution in [-0.2, 0) is 4.74 Å². The van der Waals surface area contributed by atoms with Crippen molar-refractivity contribution >= 4 is 35.6 Å². The van der Waals surface area contributed by atoms with Crippen molar-refractivity contribution in [2.45, 2.75) is 19.4 Å². The normalized spacial score (nSPS) is 11.4. The Morgan fingerprint density at radius 1 is 1.45 bits per heavy atom. The van der Waals surface area contributed by atoms with Crippen molar-refractivity contribution in [2.75, 3.05) is 26.6 Å². The van der Waals surface area contributed by atoms with Crippen LogP contribution in [0.5, 0.6) is 5.75 Å². The van der Waals surface area contributed by atoms with Crippen LogP contribution in [0.15, 0.2) is 12.1 Å². The SMILES string of the molecule is CCC(COC)NC(=O)c1cc(Cl)c(N)cc1OC.Cl. The summed E-state index contributed by atoms with van der Waals surface area (Å²) in [6.45, 7) is 2.42. The molecule has 5 nitrogen and oxygen atoms in total. The van der Waals surface area contributed by atoms with Gasteiger partial charge in [0.1, 0.15) is 5.75 Å². The third kappa shape index (κ3) is 4.74. The minimum Gasteiger partial charge on any atom is -0.496 e. The molecular formula is C13H20Cl2N2O3. The molecule has 0 aliphatic heterocycles. The summed E-state index contributed by atoms with van der Waals surface area (Å²) < 4.78 is 10.2. The molecule has 1 aromatic carbocycles. The van der Waals surface area contributed by atoms with E-state index in [-0.39, 0.29) is 24.4 Å². The number of anilines is 1. The molecule has 1 rings (SSSR count). The first-order valence-corrected chi connectivity index (χ1v) is 6.34. The van der Waals surface area contributed by atoms with E-state index in [2.05, 4.69) is 5.32 Å². The molecule has 0 saturated carbocycles. The van der Waals surface area contributed by atoms with Crippen LogP contribution in [0, 0.1) is 0 Å². The predicted molar refractivity (Wildman–Crippen MR) is 83.1 cm³/mol. The van der Waals surface area contributed by atoms with Gasteiger partial charge in [-0.3, -0.25) is 4.79 Å². The van der Waals surface area contributed by atoms with Crippen molar-refractivity contribution in [2.24, 2.45) is 0 Å². The minimum atomic E-state index is -0.261. The van der Waals surface area contributed by atoms with E-state index in [0.29, 0.717) is 28.6 Å². The molecule has 0 saturated heterocycles. The first kappa shape index (κ1) is 18.8. The van der Waals surface area contributed by atoms with E-state index < -0.39 is 0 Å². The summed E-state index contributed by atoms with van der Waals surface area (Å²) in [4.78, 5) is 12.2. The number of ether oxygens (including phenoxy) is 2. The van der Waals surface area contributed by atoms with Gasteiger partial charge in [0.05, 0.1) is 36.0 Å². The molecule has 0 spiro atoms. The Hall–Kier alpha value is -1.17. The molecule has 1 unspecified atom stereocenters. The van der Waals surface area contributed by atoms with Crippen LogP contribution in [-0.4, -0.2) is 32.8 Å². The standard InChI is InChI=1S/C13H19ClN2O3.ClH/c1-4-8(7-18-2)16-13(17)9-5-10(14)11(15)6-12(9)19-3;/h5-6,8H,4,7,15H2,1-3H3,(H,16,17);1H. The maximum atomic E-state index is 12.2. The van der Waals surface area contributed by atoms with E-state index >= 15 is 0 Å². The van der Waals surface area contributed by atoms with Gasteiger partial charge in [0.25, 0.3) is 5.91 Å². The number of benzene rings is 1.